The summed E-state index contributed by atoms with van der Waals surface area (Å²) in [5, 5.41) is 25.4. The van der Waals surface area contributed by atoms with E-state index in [1.807, 2.05) is 6.92 Å². The molecule has 23 heavy (non-hydrogen) atoms. The molecular formula is C17H14N2O4. The molecule has 0 radical (unpaired) electrons. The highest BCUT2D eigenvalue weighted by Crippen LogP contribution is 2.26. The van der Waals surface area contributed by atoms with Gasteiger partial charge in [-0.1, -0.05) is 11.2 Å². The summed E-state index contributed by atoms with van der Waals surface area (Å²) in [4.78, 5) is 12.2. The van der Waals surface area contributed by atoms with Crippen LogP contribution in [0.3, 0.4) is 0 Å². The first-order chi connectivity index (χ1) is 11.0. The number of rotatable bonds is 3. The van der Waals surface area contributed by atoms with Crippen LogP contribution in [0.4, 0.5) is 5.69 Å². The zero-order chi connectivity index (χ0) is 16.4. The summed E-state index contributed by atoms with van der Waals surface area (Å²) in [5.74, 6) is 0.0376. The van der Waals surface area contributed by atoms with E-state index in [9.17, 15) is 15.0 Å². The number of hydrogen-bond acceptors (Lipinski definition) is 5. The first kappa shape index (κ1) is 14.6. The number of carbonyl (C=O) groups excluding carboxylic acids is 1. The molecule has 116 valence electrons. The first-order valence-electron chi connectivity index (χ1n) is 6.90. The Hall–Kier alpha value is -3.28. The van der Waals surface area contributed by atoms with Crippen LogP contribution >= 0.6 is 0 Å². The predicted octanol–water partition coefficient (Wildman–Crippen LogP) is 3.31. The molecule has 0 aliphatic heterocycles. The summed E-state index contributed by atoms with van der Waals surface area (Å²) >= 11 is 0. The molecule has 3 N–H and O–H groups in total. The van der Waals surface area contributed by atoms with E-state index in [-0.39, 0.29) is 17.2 Å². The van der Waals surface area contributed by atoms with Gasteiger partial charge < -0.3 is 20.1 Å². The first-order valence-corrected chi connectivity index (χ1v) is 6.90. The minimum Gasteiger partial charge on any atom is -0.508 e. The summed E-state index contributed by atoms with van der Waals surface area (Å²) in [6.45, 7) is 1.86. The quantitative estimate of drug-likeness (QED) is 0.645. The van der Waals surface area contributed by atoms with Gasteiger partial charge in [-0.2, -0.15) is 0 Å². The largest absolute Gasteiger partial charge is 0.508 e. The number of aryl methyl sites for hydroxylation is 1. The second-order valence-electron chi connectivity index (χ2n) is 5.10. The Balaban J connectivity index is 1.81. The van der Waals surface area contributed by atoms with Gasteiger partial charge in [-0.15, -0.1) is 0 Å². The molecule has 3 rings (SSSR count). The maximum absolute atomic E-state index is 12.2. The normalized spacial score (nSPS) is 10.5. The second kappa shape index (κ2) is 5.84. The smallest absolute Gasteiger partial charge is 0.277 e. The van der Waals surface area contributed by atoms with Gasteiger partial charge in [-0.25, -0.2) is 0 Å². The Labute approximate surface area is 132 Å². The standard InChI is InChI=1S/C17H14N2O4/c1-10-2-7-15(21)13(8-10)18-17(22)14-9-16(23-19-14)11-3-5-12(20)6-4-11/h2-9,20-21H,1H3,(H,18,22). The van der Waals surface area contributed by atoms with E-state index in [0.29, 0.717) is 17.0 Å². The molecule has 0 saturated carbocycles. The highest BCUT2D eigenvalue weighted by atomic mass is 16.5. The molecular weight excluding hydrogens is 296 g/mol. The van der Waals surface area contributed by atoms with Crippen LogP contribution in [0.15, 0.2) is 53.1 Å². The van der Waals surface area contributed by atoms with Gasteiger partial charge in [0.15, 0.2) is 11.5 Å². The number of carbonyl (C=O) groups is 1. The molecule has 0 unspecified atom stereocenters. The van der Waals surface area contributed by atoms with E-state index in [2.05, 4.69) is 10.5 Å². The van der Waals surface area contributed by atoms with Crippen LogP contribution in [-0.2, 0) is 0 Å². The van der Waals surface area contributed by atoms with E-state index >= 15 is 0 Å². The molecule has 1 aromatic heterocycles. The molecule has 0 saturated heterocycles. The molecule has 0 bridgehead atoms. The fourth-order valence-corrected chi connectivity index (χ4v) is 2.08. The van der Waals surface area contributed by atoms with Crippen LogP contribution in [0.1, 0.15) is 16.1 Å². The van der Waals surface area contributed by atoms with Crippen molar-refractivity contribution in [2.45, 2.75) is 6.92 Å². The fraction of sp³-hybridized carbons (Fsp3) is 0.0588. The number of aromatic hydroxyl groups is 2. The summed E-state index contributed by atoms with van der Waals surface area (Å²) in [6.07, 6.45) is 0. The van der Waals surface area contributed by atoms with Gasteiger partial charge in [0.05, 0.1) is 5.69 Å². The van der Waals surface area contributed by atoms with Crippen molar-refractivity contribution < 1.29 is 19.5 Å². The predicted molar refractivity (Wildman–Crippen MR) is 84.4 cm³/mol. The third kappa shape index (κ3) is 3.16. The summed E-state index contributed by atoms with van der Waals surface area (Å²) < 4.78 is 5.15. The number of amides is 1. The molecule has 0 atom stereocenters. The number of aromatic nitrogens is 1. The van der Waals surface area contributed by atoms with E-state index in [1.54, 1.807) is 24.3 Å². The molecule has 0 fully saturated rings. The van der Waals surface area contributed by atoms with Crippen LogP contribution in [0, 0.1) is 6.92 Å². The van der Waals surface area contributed by atoms with Crippen molar-refractivity contribution in [1.82, 2.24) is 5.16 Å². The van der Waals surface area contributed by atoms with Crippen molar-refractivity contribution in [3.8, 4) is 22.8 Å². The maximum Gasteiger partial charge on any atom is 0.277 e. The number of phenolic OH excluding ortho intramolecular Hbond substituents is 2. The average Bonchev–Trinajstić information content (AvgIpc) is 3.02. The molecule has 1 amide bonds. The van der Waals surface area contributed by atoms with Gasteiger partial charge in [0, 0.05) is 11.6 Å². The summed E-state index contributed by atoms with van der Waals surface area (Å²) in [6, 6.07) is 12.8. The number of phenols is 2. The highest BCUT2D eigenvalue weighted by molar-refractivity contribution is 6.04. The Kier molecular flexibility index (Phi) is 3.72. The van der Waals surface area contributed by atoms with Crippen LogP contribution in [0.5, 0.6) is 11.5 Å². The van der Waals surface area contributed by atoms with Gasteiger partial charge >= 0.3 is 0 Å². The van der Waals surface area contributed by atoms with Gasteiger partial charge in [0.2, 0.25) is 0 Å². The van der Waals surface area contributed by atoms with Gasteiger partial charge in [-0.3, -0.25) is 4.79 Å². The molecule has 6 heteroatoms. The van der Waals surface area contributed by atoms with Crippen LogP contribution in [0.25, 0.3) is 11.3 Å². The van der Waals surface area contributed by atoms with Crippen molar-refractivity contribution in [1.29, 1.82) is 0 Å². The van der Waals surface area contributed by atoms with Gasteiger partial charge in [0.1, 0.15) is 11.5 Å². The Morgan fingerprint density at radius 1 is 1.09 bits per heavy atom. The minimum atomic E-state index is -0.486. The lowest BCUT2D eigenvalue weighted by Crippen LogP contribution is -2.12. The van der Waals surface area contributed by atoms with E-state index < -0.39 is 5.91 Å². The number of nitrogens with one attached hydrogen (secondary N) is 1. The summed E-state index contributed by atoms with van der Waals surface area (Å²) in [7, 11) is 0. The number of nitrogens with zero attached hydrogens (tertiary/aromatic N) is 1. The Bertz CT molecular complexity index is 853. The monoisotopic (exact) mass is 310 g/mol. The van der Waals surface area contributed by atoms with E-state index in [1.165, 1.54) is 24.3 Å². The lowest BCUT2D eigenvalue weighted by molar-refractivity contribution is 0.101. The zero-order valence-electron chi connectivity index (χ0n) is 12.3. The topological polar surface area (TPSA) is 95.6 Å². The van der Waals surface area contributed by atoms with Crippen LogP contribution < -0.4 is 5.32 Å². The van der Waals surface area contributed by atoms with Crippen LogP contribution in [-0.4, -0.2) is 21.3 Å². The van der Waals surface area contributed by atoms with Gasteiger partial charge in [0.25, 0.3) is 5.91 Å². The molecule has 0 aliphatic rings. The van der Waals surface area contributed by atoms with Crippen molar-refractivity contribution >= 4 is 11.6 Å². The van der Waals surface area contributed by atoms with Crippen molar-refractivity contribution in [3.63, 3.8) is 0 Å². The third-order valence-corrected chi connectivity index (χ3v) is 3.29. The molecule has 0 spiro atoms. The molecule has 0 aliphatic carbocycles. The minimum absolute atomic E-state index is 0.0220. The third-order valence-electron chi connectivity index (χ3n) is 3.29. The Morgan fingerprint density at radius 2 is 1.83 bits per heavy atom. The van der Waals surface area contributed by atoms with E-state index in [0.717, 1.165) is 5.56 Å². The van der Waals surface area contributed by atoms with Crippen molar-refractivity contribution in [2.75, 3.05) is 5.32 Å². The fourth-order valence-electron chi connectivity index (χ4n) is 2.08. The SMILES string of the molecule is Cc1ccc(O)c(NC(=O)c2cc(-c3ccc(O)cc3)on2)c1. The average molecular weight is 310 g/mol. The second-order valence-corrected chi connectivity index (χ2v) is 5.10. The van der Waals surface area contributed by atoms with Crippen LogP contribution in [0.2, 0.25) is 0 Å². The molecule has 2 aromatic carbocycles. The lowest BCUT2D eigenvalue weighted by atomic mass is 10.1. The van der Waals surface area contributed by atoms with E-state index in [4.69, 9.17) is 4.52 Å². The van der Waals surface area contributed by atoms with Crippen molar-refractivity contribution in [2.24, 2.45) is 0 Å². The van der Waals surface area contributed by atoms with Gasteiger partial charge in [-0.05, 0) is 48.9 Å². The number of anilines is 1. The Morgan fingerprint density at radius 3 is 2.57 bits per heavy atom. The summed E-state index contributed by atoms with van der Waals surface area (Å²) in [5.41, 5.74) is 1.99. The zero-order valence-corrected chi connectivity index (χ0v) is 12.3. The lowest BCUT2D eigenvalue weighted by Gasteiger charge is -2.06. The molecule has 1 heterocycles. The van der Waals surface area contributed by atoms with Crippen molar-refractivity contribution in [3.05, 3.63) is 59.8 Å². The maximum atomic E-state index is 12.2. The number of benzene rings is 2. The number of hydrogen-bond donors (Lipinski definition) is 3. The molecule has 6 nitrogen and oxygen atoms in total. The molecule has 3 aromatic rings. The highest BCUT2D eigenvalue weighted by Gasteiger charge is 2.15.